The van der Waals surface area contributed by atoms with Crippen molar-refractivity contribution in [3.05, 3.63) is 0 Å². The van der Waals surface area contributed by atoms with E-state index >= 15 is 0 Å². The van der Waals surface area contributed by atoms with Crippen LogP contribution >= 0.6 is 24.8 Å². The van der Waals surface area contributed by atoms with Gasteiger partial charge in [-0.1, -0.05) is 0 Å². The van der Waals surface area contributed by atoms with E-state index in [1.165, 1.54) is 6.42 Å². The molecule has 88 valence electrons. The number of likely N-dealkylation sites (N-methyl/N-ethyl adjacent to an activating group) is 1. The first kappa shape index (κ1) is 16.9. The molecule has 1 unspecified atom stereocenters. The molecule has 0 aromatic carbocycles. The van der Waals surface area contributed by atoms with Crippen LogP contribution in [0.4, 0.5) is 0 Å². The number of rotatable bonds is 3. The van der Waals surface area contributed by atoms with Crippen LogP contribution in [-0.2, 0) is 0 Å². The lowest BCUT2D eigenvalue weighted by molar-refractivity contribution is 0.145. The SMILES string of the molecule is CN(CCO)C1CCNC1(C)C.Cl.Cl. The van der Waals surface area contributed by atoms with E-state index in [0.717, 1.165) is 13.1 Å². The number of aliphatic hydroxyl groups is 1. The maximum atomic E-state index is 8.81. The minimum atomic E-state index is 0. The van der Waals surface area contributed by atoms with Crippen LogP contribution in [0.1, 0.15) is 20.3 Å². The summed E-state index contributed by atoms with van der Waals surface area (Å²) in [5.41, 5.74) is 0.198. The zero-order chi connectivity index (χ0) is 9.19. The molecular weight excluding hydrogens is 223 g/mol. The maximum Gasteiger partial charge on any atom is 0.0558 e. The van der Waals surface area contributed by atoms with E-state index in [-0.39, 0.29) is 37.0 Å². The Labute approximate surface area is 99.1 Å². The molecule has 1 fully saturated rings. The van der Waals surface area contributed by atoms with E-state index < -0.39 is 0 Å². The average Bonchev–Trinajstić information content (AvgIpc) is 2.30. The lowest BCUT2D eigenvalue weighted by Gasteiger charge is -2.34. The predicted octanol–water partition coefficient (Wildman–Crippen LogP) is 0.895. The van der Waals surface area contributed by atoms with Crippen LogP contribution in [0.5, 0.6) is 0 Å². The number of nitrogens with zero attached hydrogens (tertiary/aromatic N) is 1. The van der Waals surface area contributed by atoms with Gasteiger partial charge in [0.25, 0.3) is 0 Å². The van der Waals surface area contributed by atoms with Crippen molar-refractivity contribution in [2.75, 3.05) is 26.7 Å². The summed E-state index contributed by atoms with van der Waals surface area (Å²) in [7, 11) is 2.08. The van der Waals surface area contributed by atoms with E-state index in [1.807, 2.05) is 0 Å². The molecule has 0 aromatic rings. The van der Waals surface area contributed by atoms with Gasteiger partial charge >= 0.3 is 0 Å². The van der Waals surface area contributed by atoms with Gasteiger partial charge in [0.2, 0.25) is 0 Å². The van der Waals surface area contributed by atoms with Gasteiger partial charge < -0.3 is 10.4 Å². The Balaban J connectivity index is 0. The zero-order valence-electron chi connectivity index (χ0n) is 9.12. The molecule has 14 heavy (non-hydrogen) atoms. The summed E-state index contributed by atoms with van der Waals surface area (Å²) in [6.45, 7) is 6.56. The molecule has 1 saturated heterocycles. The van der Waals surface area contributed by atoms with E-state index in [4.69, 9.17) is 5.11 Å². The highest BCUT2D eigenvalue weighted by atomic mass is 35.5. The number of halogens is 2. The summed E-state index contributed by atoms with van der Waals surface area (Å²) in [5.74, 6) is 0. The van der Waals surface area contributed by atoms with E-state index in [9.17, 15) is 0 Å². The highest BCUT2D eigenvalue weighted by Gasteiger charge is 2.36. The van der Waals surface area contributed by atoms with Crippen molar-refractivity contribution in [1.82, 2.24) is 10.2 Å². The summed E-state index contributed by atoms with van der Waals surface area (Å²) in [4.78, 5) is 2.24. The molecule has 1 aliphatic rings. The lowest BCUT2D eigenvalue weighted by atomic mass is 9.96. The van der Waals surface area contributed by atoms with Gasteiger partial charge in [0.05, 0.1) is 6.61 Å². The molecule has 0 radical (unpaired) electrons. The molecule has 0 aromatic heterocycles. The fourth-order valence-corrected chi connectivity index (χ4v) is 2.09. The number of hydrogen-bond acceptors (Lipinski definition) is 3. The Morgan fingerprint density at radius 1 is 1.43 bits per heavy atom. The highest BCUT2D eigenvalue weighted by Crippen LogP contribution is 2.22. The van der Waals surface area contributed by atoms with Crippen LogP contribution in [0.15, 0.2) is 0 Å². The standard InChI is InChI=1S/C9H20N2O.2ClH/c1-9(2)8(4-5-10-9)11(3)6-7-12;;/h8,10,12H,4-7H2,1-3H3;2*1H. The monoisotopic (exact) mass is 244 g/mol. The third-order valence-corrected chi connectivity index (χ3v) is 2.82. The topological polar surface area (TPSA) is 35.5 Å². The minimum Gasteiger partial charge on any atom is -0.395 e. The molecule has 1 rings (SSSR count). The normalized spacial score (nSPS) is 24.2. The number of aliphatic hydroxyl groups excluding tert-OH is 1. The third-order valence-electron chi connectivity index (χ3n) is 2.82. The summed E-state index contributed by atoms with van der Waals surface area (Å²) < 4.78 is 0. The Morgan fingerprint density at radius 2 is 2.00 bits per heavy atom. The van der Waals surface area contributed by atoms with E-state index in [2.05, 4.69) is 31.1 Å². The van der Waals surface area contributed by atoms with Gasteiger partial charge in [-0.15, -0.1) is 24.8 Å². The van der Waals surface area contributed by atoms with Crippen molar-refractivity contribution >= 4 is 24.8 Å². The Bertz CT molecular complexity index is 156. The van der Waals surface area contributed by atoms with Gasteiger partial charge in [-0.3, -0.25) is 4.90 Å². The number of nitrogens with one attached hydrogen (secondary N) is 1. The average molecular weight is 245 g/mol. The van der Waals surface area contributed by atoms with Gasteiger partial charge in [0.15, 0.2) is 0 Å². The van der Waals surface area contributed by atoms with E-state index in [0.29, 0.717) is 6.04 Å². The van der Waals surface area contributed by atoms with Crippen LogP contribution in [0.3, 0.4) is 0 Å². The molecule has 0 bridgehead atoms. The van der Waals surface area contributed by atoms with Gasteiger partial charge in [0.1, 0.15) is 0 Å². The Hall–Kier alpha value is 0.460. The summed E-state index contributed by atoms with van der Waals surface area (Å²) >= 11 is 0. The largest absolute Gasteiger partial charge is 0.395 e. The number of hydrogen-bond donors (Lipinski definition) is 2. The molecule has 0 saturated carbocycles. The van der Waals surface area contributed by atoms with Crippen LogP contribution in [-0.4, -0.2) is 48.3 Å². The molecule has 5 heteroatoms. The lowest BCUT2D eigenvalue weighted by Crippen LogP contribution is -2.50. The van der Waals surface area contributed by atoms with Crippen molar-refractivity contribution in [3.63, 3.8) is 0 Å². The predicted molar refractivity (Wildman–Crippen MR) is 64.7 cm³/mol. The fourth-order valence-electron chi connectivity index (χ4n) is 2.09. The van der Waals surface area contributed by atoms with Crippen molar-refractivity contribution < 1.29 is 5.11 Å². The van der Waals surface area contributed by atoms with Crippen molar-refractivity contribution in [1.29, 1.82) is 0 Å². The first-order chi connectivity index (χ1) is 5.58. The highest BCUT2D eigenvalue weighted by molar-refractivity contribution is 5.85. The second-order valence-electron chi connectivity index (χ2n) is 4.16. The quantitative estimate of drug-likeness (QED) is 0.775. The van der Waals surface area contributed by atoms with Crippen LogP contribution in [0.25, 0.3) is 0 Å². The summed E-state index contributed by atoms with van der Waals surface area (Å²) in [6.07, 6.45) is 1.18. The zero-order valence-corrected chi connectivity index (χ0v) is 10.7. The summed E-state index contributed by atoms with van der Waals surface area (Å²) in [5, 5.41) is 12.3. The smallest absolute Gasteiger partial charge is 0.0558 e. The molecule has 0 spiro atoms. The first-order valence-corrected chi connectivity index (χ1v) is 4.64. The third kappa shape index (κ3) is 3.91. The van der Waals surface area contributed by atoms with Crippen LogP contribution in [0, 0.1) is 0 Å². The molecule has 2 N–H and O–H groups in total. The molecule has 0 aliphatic carbocycles. The maximum absolute atomic E-state index is 8.81. The Morgan fingerprint density at radius 3 is 2.36 bits per heavy atom. The second-order valence-corrected chi connectivity index (χ2v) is 4.16. The molecular formula is C9H22Cl2N2O. The van der Waals surface area contributed by atoms with Gasteiger partial charge in [-0.25, -0.2) is 0 Å². The van der Waals surface area contributed by atoms with Crippen molar-refractivity contribution in [2.45, 2.75) is 31.8 Å². The first-order valence-electron chi connectivity index (χ1n) is 4.64. The fraction of sp³-hybridized carbons (Fsp3) is 1.00. The van der Waals surface area contributed by atoms with Crippen LogP contribution < -0.4 is 5.32 Å². The Kier molecular flexibility index (Phi) is 8.26. The molecule has 1 aliphatic heterocycles. The van der Waals surface area contributed by atoms with Crippen molar-refractivity contribution in [2.24, 2.45) is 0 Å². The second kappa shape index (κ2) is 6.85. The van der Waals surface area contributed by atoms with Gasteiger partial charge in [-0.05, 0) is 33.9 Å². The summed E-state index contributed by atoms with van der Waals surface area (Å²) in [6, 6.07) is 0.560. The van der Waals surface area contributed by atoms with E-state index in [1.54, 1.807) is 0 Å². The van der Waals surface area contributed by atoms with Crippen molar-refractivity contribution in [3.8, 4) is 0 Å². The minimum absolute atomic E-state index is 0. The molecule has 0 amide bonds. The molecule has 1 atom stereocenters. The van der Waals surface area contributed by atoms with Crippen LogP contribution in [0.2, 0.25) is 0 Å². The van der Waals surface area contributed by atoms with Gasteiger partial charge in [-0.2, -0.15) is 0 Å². The molecule has 1 heterocycles. The van der Waals surface area contributed by atoms with Gasteiger partial charge in [0, 0.05) is 18.1 Å². The molecule has 3 nitrogen and oxygen atoms in total.